The van der Waals surface area contributed by atoms with Crippen LogP contribution in [0.1, 0.15) is 38.2 Å². The van der Waals surface area contributed by atoms with E-state index in [1.165, 1.54) is 0 Å². The second-order valence-corrected chi connectivity index (χ2v) is 7.98. The lowest BCUT2D eigenvalue weighted by atomic mass is 9.98. The molecule has 0 aromatic heterocycles. The molecule has 1 saturated heterocycles. The number of nitrogens with two attached hydrogens (primary N) is 1. The minimum atomic E-state index is -3.81. The first-order valence-electron chi connectivity index (χ1n) is 8.81. The number of amidine groups is 1. The molecule has 1 amide bonds. The fraction of sp³-hybridized carbons (Fsp3) is 0.529. The maximum absolute atomic E-state index is 12.1. The minimum absolute atomic E-state index is 0.0854. The lowest BCUT2D eigenvalue weighted by Crippen LogP contribution is -2.41. The summed E-state index contributed by atoms with van der Waals surface area (Å²) >= 11 is 0. The highest BCUT2D eigenvalue weighted by Gasteiger charge is 2.26. The van der Waals surface area contributed by atoms with Gasteiger partial charge in [0.25, 0.3) is 0 Å². The first-order chi connectivity index (χ1) is 12.4. The van der Waals surface area contributed by atoms with Crippen molar-refractivity contribution in [2.75, 3.05) is 24.4 Å². The number of benzene rings is 1. The van der Waals surface area contributed by atoms with Crippen LogP contribution >= 0.6 is 0 Å². The van der Waals surface area contributed by atoms with Crippen molar-refractivity contribution in [2.24, 2.45) is 16.0 Å². The zero-order chi connectivity index (χ0) is 18.7. The van der Waals surface area contributed by atoms with E-state index in [2.05, 4.69) is 9.12 Å². The summed E-state index contributed by atoms with van der Waals surface area (Å²) in [6, 6.07) is 5.06. The molecule has 0 radical (unpaired) electrons. The van der Waals surface area contributed by atoms with E-state index in [1.54, 1.807) is 18.2 Å². The third-order valence-electron chi connectivity index (χ3n) is 4.55. The van der Waals surface area contributed by atoms with Crippen LogP contribution < -0.4 is 15.2 Å². The number of hydrogen-bond donors (Lipinski definition) is 2. The van der Waals surface area contributed by atoms with Crippen LogP contribution in [0.3, 0.4) is 0 Å². The van der Waals surface area contributed by atoms with E-state index < -0.39 is 10.2 Å². The molecule has 0 aliphatic carbocycles. The first-order valence-corrected chi connectivity index (χ1v) is 10.3. The number of ether oxygens (including phenoxy) is 1. The summed E-state index contributed by atoms with van der Waals surface area (Å²) in [6.07, 6.45) is 3.37. The smallest absolute Gasteiger partial charge is 0.344 e. The molecule has 0 saturated carbocycles. The Morgan fingerprint density at radius 1 is 1.46 bits per heavy atom. The maximum atomic E-state index is 12.1. The highest BCUT2D eigenvalue weighted by atomic mass is 32.2. The Morgan fingerprint density at radius 2 is 2.27 bits per heavy atom. The minimum Gasteiger partial charge on any atom is -0.492 e. The molecule has 26 heavy (non-hydrogen) atoms. The third kappa shape index (κ3) is 4.09. The van der Waals surface area contributed by atoms with E-state index in [9.17, 15) is 13.2 Å². The number of nitrogens with one attached hydrogen (secondary N) is 1. The van der Waals surface area contributed by atoms with Gasteiger partial charge in [0.2, 0.25) is 5.91 Å². The summed E-state index contributed by atoms with van der Waals surface area (Å²) in [7, 11) is -3.81. The summed E-state index contributed by atoms with van der Waals surface area (Å²) in [6.45, 7) is 3.93. The van der Waals surface area contributed by atoms with Crippen molar-refractivity contribution < 1.29 is 17.9 Å². The lowest BCUT2D eigenvalue weighted by molar-refractivity contribution is -0.133. The van der Waals surface area contributed by atoms with Crippen LogP contribution in [-0.4, -0.2) is 44.8 Å². The number of piperidine rings is 1. The fourth-order valence-electron chi connectivity index (χ4n) is 3.34. The maximum Gasteiger partial charge on any atom is 0.344 e. The SMILES string of the molecule is CCCC(=O)N1CCCC(COc2cccc3c2C(N)=NS(=O)(=O)N3)C1. The molecule has 1 unspecified atom stereocenters. The fourth-order valence-corrected chi connectivity index (χ4v) is 4.19. The van der Waals surface area contributed by atoms with Gasteiger partial charge >= 0.3 is 10.2 Å². The Hall–Kier alpha value is -2.29. The van der Waals surface area contributed by atoms with Gasteiger partial charge in [-0.2, -0.15) is 8.42 Å². The first kappa shape index (κ1) is 18.5. The Balaban J connectivity index is 1.69. The van der Waals surface area contributed by atoms with Gasteiger partial charge in [-0.3, -0.25) is 9.52 Å². The van der Waals surface area contributed by atoms with E-state index in [4.69, 9.17) is 10.5 Å². The summed E-state index contributed by atoms with van der Waals surface area (Å²) < 4.78 is 35.1. The number of hydrogen-bond acceptors (Lipinski definition) is 5. The Kier molecular flexibility index (Phi) is 5.36. The van der Waals surface area contributed by atoms with Crippen molar-refractivity contribution in [1.29, 1.82) is 0 Å². The number of fused-ring (bicyclic) bond motifs is 1. The topological polar surface area (TPSA) is 114 Å². The van der Waals surface area contributed by atoms with Gasteiger partial charge in [0.15, 0.2) is 5.84 Å². The van der Waals surface area contributed by atoms with Gasteiger partial charge in [-0.05, 0) is 31.4 Å². The number of carbonyl (C=O) groups excluding carboxylic acids is 1. The highest BCUT2D eigenvalue weighted by Crippen LogP contribution is 2.31. The van der Waals surface area contributed by atoms with Crippen LogP contribution in [0.25, 0.3) is 0 Å². The quantitative estimate of drug-likeness (QED) is 0.803. The van der Waals surface area contributed by atoms with Crippen LogP contribution in [0.4, 0.5) is 5.69 Å². The van der Waals surface area contributed by atoms with Crippen LogP contribution in [0.5, 0.6) is 5.75 Å². The summed E-state index contributed by atoms with van der Waals surface area (Å²) in [5, 5.41) is 0. The van der Waals surface area contributed by atoms with E-state index in [1.807, 2.05) is 11.8 Å². The number of anilines is 1. The normalized spacial score (nSPS) is 21.3. The molecule has 0 spiro atoms. The van der Waals surface area contributed by atoms with Gasteiger partial charge in [-0.25, -0.2) is 0 Å². The molecule has 1 fully saturated rings. The van der Waals surface area contributed by atoms with Crippen molar-refractivity contribution in [3.8, 4) is 5.75 Å². The molecule has 2 aliphatic rings. The average molecular weight is 380 g/mol. The Morgan fingerprint density at radius 3 is 3.04 bits per heavy atom. The zero-order valence-corrected chi connectivity index (χ0v) is 15.6. The molecule has 2 aliphatic heterocycles. The Labute approximate surface area is 153 Å². The van der Waals surface area contributed by atoms with Gasteiger partial charge in [-0.1, -0.05) is 13.0 Å². The van der Waals surface area contributed by atoms with Crippen molar-refractivity contribution in [3.63, 3.8) is 0 Å². The van der Waals surface area contributed by atoms with E-state index in [0.717, 1.165) is 25.8 Å². The molecule has 1 atom stereocenters. The second kappa shape index (κ2) is 7.53. The lowest BCUT2D eigenvalue weighted by Gasteiger charge is -2.33. The van der Waals surface area contributed by atoms with Crippen molar-refractivity contribution >= 4 is 27.6 Å². The predicted octanol–water partition coefficient (Wildman–Crippen LogP) is 1.48. The van der Waals surface area contributed by atoms with Crippen molar-refractivity contribution in [1.82, 2.24) is 4.90 Å². The molecule has 9 heteroatoms. The number of nitrogens with zero attached hydrogens (tertiary/aromatic N) is 2. The van der Waals surface area contributed by atoms with Crippen LogP contribution in [-0.2, 0) is 15.0 Å². The van der Waals surface area contributed by atoms with Gasteiger partial charge in [0.05, 0.1) is 17.9 Å². The Bertz CT molecular complexity index is 822. The molecule has 8 nitrogen and oxygen atoms in total. The summed E-state index contributed by atoms with van der Waals surface area (Å²) in [5.41, 5.74) is 6.64. The largest absolute Gasteiger partial charge is 0.492 e. The molecule has 3 N–H and O–H groups in total. The second-order valence-electron chi connectivity index (χ2n) is 6.64. The average Bonchev–Trinajstić information content (AvgIpc) is 2.59. The van der Waals surface area contributed by atoms with Crippen molar-refractivity contribution in [2.45, 2.75) is 32.6 Å². The zero-order valence-electron chi connectivity index (χ0n) is 14.8. The molecular weight excluding hydrogens is 356 g/mol. The molecule has 3 rings (SSSR count). The molecular formula is C17H24N4O4S. The van der Waals surface area contributed by atoms with E-state index in [-0.39, 0.29) is 17.7 Å². The van der Waals surface area contributed by atoms with Crippen LogP contribution in [0.2, 0.25) is 0 Å². The highest BCUT2D eigenvalue weighted by molar-refractivity contribution is 7.91. The van der Waals surface area contributed by atoms with Crippen LogP contribution in [0.15, 0.2) is 22.6 Å². The standard InChI is InChI=1S/C17H24N4O4S/c1-2-5-15(22)21-9-4-6-12(10-21)11-25-14-8-3-7-13-16(14)17(18)20-26(23,24)19-13/h3,7-8,12,19H,2,4-6,9-11H2,1H3,(H2,18,20). The number of amides is 1. The van der Waals surface area contributed by atoms with Gasteiger partial charge in [-0.15, -0.1) is 4.40 Å². The summed E-state index contributed by atoms with van der Waals surface area (Å²) in [4.78, 5) is 14.0. The third-order valence-corrected chi connectivity index (χ3v) is 5.46. The van der Waals surface area contributed by atoms with Gasteiger partial charge in [0, 0.05) is 25.4 Å². The van der Waals surface area contributed by atoms with E-state index in [0.29, 0.717) is 36.6 Å². The summed E-state index contributed by atoms with van der Waals surface area (Å²) in [5.74, 6) is 0.833. The van der Waals surface area contributed by atoms with Crippen molar-refractivity contribution in [3.05, 3.63) is 23.8 Å². The monoisotopic (exact) mass is 380 g/mol. The van der Waals surface area contributed by atoms with Crippen LogP contribution in [0, 0.1) is 5.92 Å². The molecule has 1 aromatic rings. The van der Waals surface area contributed by atoms with E-state index >= 15 is 0 Å². The molecule has 1 aromatic carbocycles. The molecule has 142 valence electrons. The number of likely N-dealkylation sites (tertiary alicyclic amines) is 1. The molecule has 0 bridgehead atoms. The van der Waals surface area contributed by atoms with Gasteiger partial charge < -0.3 is 15.4 Å². The van der Waals surface area contributed by atoms with Gasteiger partial charge in [0.1, 0.15) is 5.75 Å². The molecule has 2 heterocycles. The number of rotatable bonds is 5. The number of carbonyl (C=O) groups is 1. The predicted molar refractivity (Wildman–Crippen MR) is 99.4 cm³/mol.